The highest BCUT2D eigenvalue weighted by atomic mass is 32.2. The van der Waals surface area contributed by atoms with Gasteiger partial charge in [0.25, 0.3) is 11.1 Å². The predicted octanol–water partition coefficient (Wildman–Crippen LogP) is 5.46. The van der Waals surface area contributed by atoms with Crippen LogP contribution in [0, 0.1) is 13.8 Å². The molecule has 3 aromatic carbocycles. The Balaban J connectivity index is 1.20. The van der Waals surface area contributed by atoms with Gasteiger partial charge >= 0.3 is 0 Å². The number of hydrogen-bond acceptors (Lipinski definition) is 7. The van der Waals surface area contributed by atoms with Crippen molar-refractivity contribution < 1.29 is 19.0 Å². The van der Waals surface area contributed by atoms with Crippen molar-refractivity contribution in [3.05, 3.63) is 89.8 Å². The van der Waals surface area contributed by atoms with Gasteiger partial charge in [-0.3, -0.25) is 0 Å². The third kappa shape index (κ3) is 6.60. The van der Waals surface area contributed by atoms with Gasteiger partial charge in [-0.1, -0.05) is 66.4 Å². The van der Waals surface area contributed by atoms with Crippen LogP contribution in [0.5, 0.6) is 11.5 Å². The van der Waals surface area contributed by atoms with Crippen LogP contribution in [0.25, 0.3) is 11.1 Å². The van der Waals surface area contributed by atoms with E-state index in [-0.39, 0.29) is 13.2 Å². The number of rotatable bonds is 10. The molecule has 0 aliphatic rings. The Kier molecular flexibility index (Phi) is 7.65. The van der Waals surface area contributed by atoms with Crippen molar-refractivity contribution >= 4 is 11.8 Å². The zero-order chi connectivity index (χ0) is 23.0. The fourth-order valence-electron chi connectivity index (χ4n) is 3.14. The van der Waals surface area contributed by atoms with Crippen LogP contribution < -0.4 is 9.47 Å². The molecular weight excluding hydrogens is 436 g/mol. The molecule has 0 fully saturated rings. The van der Waals surface area contributed by atoms with E-state index in [1.54, 1.807) is 0 Å². The second-order valence-corrected chi connectivity index (χ2v) is 8.66. The summed E-state index contributed by atoms with van der Waals surface area (Å²) in [6.45, 7) is 4.38. The molecule has 4 aromatic rings. The number of ether oxygens (including phenoxy) is 2. The van der Waals surface area contributed by atoms with Crippen LogP contribution in [-0.4, -0.2) is 33.8 Å². The van der Waals surface area contributed by atoms with Crippen LogP contribution in [0.2, 0.25) is 0 Å². The lowest BCUT2D eigenvalue weighted by Crippen LogP contribution is -2.20. The SMILES string of the molecule is Cc1ccc(C)c(OCc2nnc(SCC(O)COc3ccc(-c4ccccc4)cc3)o2)c1. The first kappa shape index (κ1) is 22.9. The van der Waals surface area contributed by atoms with Gasteiger partial charge in [-0.15, -0.1) is 10.2 Å². The summed E-state index contributed by atoms with van der Waals surface area (Å²) >= 11 is 1.29. The summed E-state index contributed by atoms with van der Waals surface area (Å²) in [7, 11) is 0. The maximum absolute atomic E-state index is 10.3. The molecule has 4 rings (SSSR count). The van der Waals surface area contributed by atoms with Gasteiger partial charge in [0.05, 0.1) is 6.10 Å². The van der Waals surface area contributed by atoms with E-state index >= 15 is 0 Å². The van der Waals surface area contributed by atoms with E-state index in [9.17, 15) is 5.11 Å². The fourth-order valence-corrected chi connectivity index (χ4v) is 3.82. The molecule has 0 amide bonds. The molecule has 1 aromatic heterocycles. The van der Waals surface area contributed by atoms with Crippen molar-refractivity contribution in [3.63, 3.8) is 0 Å². The third-order valence-corrected chi connectivity index (χ3v) is 5.91. The van der Waals surface area contributed by atoms with Crippen LogP contribution in [0.15, 0.2) is 82.4 Å². The minimum Gasteiger partial charge on any atom is -0.491 e. The Morgan fingerprint density at radius 2 is 1.67 bits per heavy atom. The normalized spacial score (nSPS) is 11.8. The first-order valence-electron chi connectivity index (χ1n) is 10.7. The van der Waals surface area contributed by atoms with E-state index in [1.165, 1.54) is 11.8 Å². The molecule has 6 nitrogen and oxygen atoms in total. The Morgan fingerprint density at radius 1 is 0.909 bits per heavy atom. The number of aryl methyl sites for hydroxylation is 2. The molecule has 1 N–H and O–H groups in total. The minimum atomic E-state index is -0.676. The highest BCUT2D eigenvalue weighted by molar-refractivity contribution is 7.99. The standard InChI is InChI=1S/C26H26N2O4S/c1-18-8-9-19(2)24(14-18)31-16-25-27-28-26(32-25)33-17-22(29)15-30-23-12-10-21(11-13-23)20-6-4-3-5-7-20/h3-14,22,29H,15-17H2,1-2H3. The van der Waals surface area contributed by atoms with Crippen LogP contribution >= 0.6 is 11.8 Å². The Bertz CT molecular complexity index is 1160. The summed E-state index contributed by atoms with van der Waals surface area (Å²) in [4.78, 5) is 0. The molecule has 0 saturated carbocycles. The molecule has 7 heteroatoms. The lowest BCUT2D eigenvalue weighted by atomic mass is 10.1. The molecule has 0 spiro atoms. The van der Waals surface area contributed by atoms with Crippen molar-refractivity contribution in [2.45, 2.75) is 31.8 Å². The molecule has 1 atom stereocenters. The van der Waals surface area contributed by atoms with E-state index in [0.29, 0.717) is 22.6 Å². The van der Waals surface area contributed by atoms with Gasteiger partial charge in [0.15, 0.2) is 6.61 Å². The van der Waals surface area contributed by atoms with Gasteiger partial charge in [-0.2, -0.15) is 0 Å². The maximum atomic E-state index is 10.3. The number of thioether (sulfide) groups is 1. The number of aliphatic hydroxyl groups is 1. The Morgan fingerprint density at radius 3 is 2.45 bits per heavy atom. The summed E-state index contributed by atoms with van der Waals surface area (Å²) in [5.74, 6) is 2.28. The highest BCUT2D eigenvalue weighted by Crippen LogP contribution is 2.24. The molecule has 1 heterocycles. The number of aliphatic hydroxyl groups excluding tert-OH is 1. The summed E-state index contributed by atoms with van der Waals surface area (Å²) in [5.41, 5.74) is 4.44. The number of aromatic nitrogens is 2. The largest absolute Gasteiger partial charge is 0.491 e. The Hall–Kier alpha value is -3.29. The lowest BCUT2D eigenvalue weighted by Gasteiger charge is -2.11. The van der Waals surface area contributed by atoms with Gasteiger partial charge in [0.1, 0.15) is 18.1 Å². The summed E-state index contributed by atoms with van der Waals surface area (Å²) in [6.07, 6.45) is -0.676. The van der Waals surface area contributed by atoms with Crippen LogP contribution in [0.3, 0.4) is 0 Å². The summed E-state index contributed by atoms with van der Waals surface area (Å²) in [5, 5.41) is 18.7. The average Bonchev–Trinajstić information content (AvgIpc) is 3.31. The van der Waals surface area contributed by atoms with Gasteiger partial charge in [0.2, 0.25) is 0 Å². The molecule has 0 aliphatic carbocycles. The first-order valence-corrected chi connectivity index (χ1v) is 11.7. The minimum absolute atomic E-state index is 0.175. The molecule has 0 bridgehead atoms. The number of benzene rings is 3. The van der Waals surface area contributed by atoms with E-state index in [4.69, 9.17) is 13.9 Å². The Labute approximate surface area is 197 Å². The first-order chi connectivity index (χ1) is 16.1. The van der Waals surface area contributed by atoms with E-state index < -0.39 is 6.10 Å². The van der Waals surface area contributed by atoms with E-state index in [0.717, 1.165) is 28.0 Å². The molecular formula is C26H26N2O4S. The van der Waals surface area contributed by atoms with Gasteiger partial charge in [-0.05, 0) is 54.3 Å². The molecule has 0 saturated heterocycles. The summed E-state index contributed by atoms with van der Waals surface area (Å²) < 4.78 is 17.1. The zero-order valence-corrected chi connectivity index (χ0v) is 19.4. The molecule has 33 heavy (non-hydrogen) atoms. The monoisotopic (exact) mass is 462 g/mol. The topological polar surface area (TPSA) is 77.6 Å². The van der Waals surface area contributed by atoms with Crippen molar-refractivity contribution in [1.82, 2.24) is 10.2 Å². The quantitative estimate of drug-likeness (QED) is 0.313. The van der Waals surface area contributed by atoms with Gasteiger partial charge in [0, 0.05) is 5.75 Å². The van der Waals surface area contributed by atoms with Gasteiger partial charge in [-0.25, -0.2) is 0 Å². The second kappa shape index (κ2) is 11.0. The second-order valence-electron chi connectivity index (χ2n) is 7.69. The molecule has 1 unspecified atom stereocenters. The smallest absolute Gasteiger partial charge is 0.276 e. The molecule has 170 valence electrons. The zero-order valence-electron chi connectivity index (χ0n) is 18.6. The maximum Gasteiger partial charge on any atom is 0.276 e. The van der Waals surface area contributed by atoms with Gasteiger partial charge < -0.3 is 19.0 Å². The molecule has 0 aliphatic heterocycles. The highest BCUT2D eigenvalue weighted by Gasteiger charge is 2.12. The third-order valence-electron chi connectivity index (χ3n) is 4.95. The van der Waals surface area contributed by atoms with E-state index in [2.05, 4.69) is 22.3 Å². The van der Waals surface area contributed by atoms with Crippen molar-refractivity contribution in [3.8, 4) is 22.6 Å². The van der Waals surface area contributed by atoms with Crippen LogP contribution in [-0.2, 0) is 6.61 Å². The van der Waals surface area contributed by atoms with Crippen molar-refractivity contribution in [2.24, 2.45) is 0 Å². The fraction of sp³-hybridized carbons (Fsp3) is 0.231. The van der Waals surface area contributed by atoms with Crippen LogP contribution in [0.4, 0.5) is 0 Å². The number of hydrogen-bond donors (Lipinski definition) is 1. The predicted molar refractivity (Wildman–Crippen MR) is 129 cm³/mol. The van der Waals surface area contributed by atoms with Crippen molar-refractivity contribution in [2.75, 3.05) is 12.4 Å². The van der Waals surface area contributed by atoms with Crippen LogP contribution in [0.1, 0.15) is 17.0 Å². The van der Waals surface area contributed by atoms with Crippen molar-refractivity contribution in [1.29, 1.82) is 0 Å². The average molecular weight is 463 g/mol. The lowest BCUT2D eigenvalue weighted by molar-refractivity contribution is 0.126. The summed E-state index contributed by atoms with van der Waals surface area (Å²) in [6, 6.07) is 24.0. The number of nitrogens with zero attached hydrogens (tertiary/aromatic N) is 2. The molecule has 0 radical (unpaired) electrons. The van der Waals surface area contributed by atoms with E-state index in [1.807, 2.05) is 74.5 Å².